The summed E-state index contributed by atoms with van der Waals surface area (Å²) in [6.07, 6.45) is 15.4. The molecule has 40 heavy (non-hydrogen) atoms. The summed E-state index contributed by atoms with van der Waals surface area (Å²) in [5.41, 5.74) is 16.4. The Morgan fingerprint density at radius 2 is 1.55 bits per heavy atom. The Morgan fingerprint density at radius 1 is 0.925 bits per heavy atom. The van der Waals surface area contributed by atoms with Crippen molar-refractivity contribution in [3.63, 3.8) is 0 Å². The Morgan fingerprint density at radius 3 is 2.12 bits per heavy atom. The lowest BCUT2D eigenvalue weighted by Crippen LogP contribution is -2.11. The second-order valence-corrected chi connectivity index (χ2v) is 12.2. The van der Waals surface area contributed by atoms with Gasteiger partial charge in [0, 0.05) is 5.92 Å². The van der Waals surface area contributed by atoms with Crippen LogP contribution in [0.1, 0.15) is 93.7 Å². The maximum atomic E-state index is 4.56. The second kappa shape index (κ2) is 14.5. The normalized spacial score (nSPS) is 18.2. The topological polar surface area (TPSA) is 0 Å². The summed E-state index contributed by atoms with van der Waals surface area (Å²) >= 11 is 0. The lowest BCUT2D eigenvalue weighted by atomic mass is 9.83. The summed E-state index contributed by atoms with van der Waals surface area (Å²) in [6, 6.07) is 14.0. The van der Waals surface area contributed by atoms with Gasteiger partial charge in [-0.15, -0.1) is 0 Å². The Bertz CT molecular complexity index is 1310. The molecule has 0 aromatic heterocycles. The fraction of sp³-hybridized carbons (Fsp3) is 0.400. The molecule has 0 N–H and O–H groups in total. The summed E-state index contributed by atoms with van der Waals surface area (Å²) in [5, 5.41) is 0. The summed E-state index contributed by atoms with van der Waals surface area (Å²) in [6.45, 7) is 26.9. The molecule has 0 spiro atoms. The van der Waals surface area contributed by atoms with Crippen LogP contribution in [0.5, 0.6) is 0 Å². The summed E-state index contributed by atoms with van der Waals surface area (Å²) in [5.74, 6) is 0.932. The first-order valence-electron chi connectivity index (χ1n) is 15.3. The van der Waals surface area contributed by atoms with E-state index in [0.717, 1.165) is 38.5 Å². The number of hydrogen-bond donors (Lipinski definition) is 0. The average molecular weight is 533 g/mol. The predicted molar refractivity (Wildman–Crippen MR) is 178 cm³/mol. The molecule has 0 fully saturated rings. The van der Waals surface area contributed by atoms with Crippen molar-refractivity contribution in [2.24, 2.45) is 11.8 Å². The standard InChI is InChI=1S/C40H52/c1-11-13-15-29(6)38-26-39(28(5)14-12-2)40(27(3)4)37(24-32(38)9)21-20-34-16-18-35(19-17-34)25-36-22-30(7)33(10)31(8)23-36/h11,13,15-19,22-23,26,32,38H,3,5,12,14,20-21,24-25H2,1-2,4,6-10H3/b13-11-,29-15+. The number of allylic oxidation sites excluding steroid dienone is 10. The Balaban J connectivity index is 1.86. The minimum Gasteiger partial charge on any atom is -0.0955 e. The summed E-state index contributed by atoms with van der Waals surface area (Å²) in [7, 11) is 0. The van der Waals surface area contributed by atoms with E-state index in [1.807, 2.05) is 0 Å². The van der Waals surface area contributed by atoms with Crippen LogP contribution >= 0.6 is 0 Å². The zero-order valence-corrected chi connectivity index (χ0v) is 26.6. The monoisotopic (exact) mass is 532 g/mol. The minimum absolute atomic E-state index is 0.403. The molecular formula is C40H52. The van der Waals surface area contributed by atoms with Gasteiger partial charge in [-0.25, -0.2) is 0 Å². The zero-order valence-electron chi connectivity index (χ0n) is 26.6. The van der Waals surface area contributed by atoms with Crippen LogP contribution in [-0.2, 0) is 12.8 Å². The van der Waals surface area contributed by atoms with Crippen molar-refractivity contribution < 1.29 is 0 Å². The van der Waals surface area contributed by atoms with Crippen LogP contribution in [-0.4, -0.2) is 0 Å². The molecule has 0 bridgehead atoms. The average Bonchev–Trinajstić information content (AvgIpc) is 3.06. The first kappa shape index (κ1) is 31.4. The van der Waals surface area contributed by atoms with Gasteiger partial charge >= 0.3 is 0 Å². The van der Waals surface area contributed by atoms with Gasteiger partial charge in [-0.1, -0.05) is 111 Å². The van der Waals surface area contributed by atoms with Crippen molar-refractivity contribution in [1.82, 2.24) is 0 Å². The van der Waals surface area contributed by atoms with Gasteiger partial charge in [-0.2, -0.15) is 0 Å². The highest BCUT2D eigenvalue weighted by atomic mass is 14.3. The van der Waals surface area contributed by atoms with E-state index >= 15 is 0 Å². The van der Waals surface area contributed by atoms with Crippen LogP contribution in [0.15, 0.2) is 107 Å². The lowest BCUT2D eigenvalue weighted by molar-refractivity contribution is 0.472. The van der Waals surface area contributed by atoms with E-state index in [4.69, 9.17) is 0 Å². The SMILES string of the molecule is C=C(C)C1=C(CCc2ccc(Cc3cc(C)c(C)c(C)c3)cc2)CC(C)C(/C(C)=C/C=C\C)C=C1C(=C)CCC. The van der Waals surface area contributed by atoms with Gasteiger partial charge in [0.25, 0.3) is 0 Å². The fourth-order valence-electron chi connectivity index (χ4n) is 6.25. The number of aryl methyl sites for hydroxylation is 3. The van der Waals surface area contributed by atoms with Gasteiger partial charge in [0.15, 0.2) is 0 Å². The molecule has 0 heterocycles. The second-order valence-electron chi connectivity index (χ2n) is 12.2. The first-order chi connectivity index (χ1) is 19.0. The van der Waals surface area contributed by atoms with Gasteiger partial charge < -0.3 is 0 Å². The lowest BCUT2D eigenvalue weighted by Gasteiger charge is -2.22. The molecule has 2 aromatic rings. The molecule has 0 heteroatoms. The van der Waals surface area contributed by atoms with Gasteiger partial charge in [-0.05, 0) is 130 Å². The molecule has 1 aliphatic carbocycles. The third-order valence-corrected chi connectivity index (χ3v) is 8.72. The largest absolute Gasteiger partial charge is 0.0955 e. The van der Waals surface area contributed by atoms with Crippen molar-refractivity contribution >= 4 is 0 Å². The highest BCUT2D eigenvalue weighted by Gasteiger charge is 2.27. The van der Waals surface area contributed by atoms with Gasteiger partial charge in [-0.3, -0.25) is 0 Å². The first-order valence-corrected chi connectivity index (χ1v) is 15.3. The van der Waals surface area contributed by atoms with Crippen molar-refractivity contribution in [1.29, 1.82) is 0 Å². The van der Waals surface area contributed by atoms with Crippen molar-refractivity contribution in [2.45, 2.75) is 93.9 Å². The van der Waals surface area contributed by atoms with Gasteiger partial charge in [0.2, 0.25) is 0 Å². The molecule has 2 atom stereocenters. The highest BCUT2D eigenvalue weighted by Crippen LogP contribution is 2.41. The van der Waals surface area contributed by atoms with Crippen LogP contribution in [0.25, 0.3) is 0 Å². The van der Waals surface area contributed by atoms with E-state index < -0.39 is 0 Å². The van der Waals surface area contributed by atoms with Crippen LogP contribution in [0, 0.1) is 32.6 Å². The van der Waals surface area contributed by atoms with E-state index in [1.165, 1.54) is 61.2 Å². The molecule has 212 valence electrons. The third kappa shape index (κ3) is 7.97. The van der Waals surface area contributed by atoms with Gasteiger partial charge in [0.05, 0.1) is 0 Å². The molecule has 0 amide bonds. The molecule has 0 nitrogen and oxygen atoms in total. The van der Waals surface area contributed by atoms with Crippen molar-refractivity contribution in [2.75, 3.05) is 0 Å². The zero-order chi connectivity index (χ0) is 29.4. The molecule has 3 rings (SSSR count). The van der Waals surface area contributed by atoms with E-state index in [2.05, 4.69) is 129 Å². The van der Waals surface area contributed by atoms with Crippen LogP contribution in [0.3, 0.4) is 0 Å². The molecule has 0 saturated carbocycles. The van der Waals surface area contributed by atoms with E-state index in [0.29, 0.717) is 11.8 Å². The van der Waals surface area contributed by atoms with E-state index in [-0.39, 0.29) is 0 Å². The highest BCUT2D eigenvalue weighted by molar-refractivity contribution is 5.58. The Labute approximate surface area is 246 Å². The Kier molecular flexibility index (Phi) is 11.4. The van der Waals surface area contributed by atoms with Crippen molar-refractivity contribution in [3.05, 3.63) is 141 Å². The van der Waals surface area contributed by atoms with Gasteiger partial charge in [0.1, 0.15) is 0 Å². The molecule has 1 aliphatic rings. The van der Waals surface area contributed by atoms with Crippen LogP contribution in [0.4, 0.5) is 0 Å². The quantitative estimate of drug-likeness (QED) is 0.252. The Hall–Kier alpha value is -3.12. The molecule has 2 unspecified atom stereocenters. The minimum atomic E-state index is 0.403. The van der Waals surface area contributed by atoms with E-state index in [1.54, 1.807) is 5.57 Å². The van der Waals surface area contributed by atoms with Crippen LogP contribution < -0.4 is 0 Å². The van der Waals surface area contributed by atoms with Crippen LogP contribution in [0.2, 0.25) is 0 Å². The molecule has 2 aromatic carbocycles. The third-order valence-electron chi connectivity index (χ3n) is 8.72. The predicted octanol–water partition coefficient (Wildman–Crippen LogP) is 11.5. The number of hydrogen-bond acceptors (Lipinski definition) is 0. The maximum Gasteiger partial charge on any atom is 0.00151 e. The number of rotatable bonds is 11. The molecule has 0 radical (unpaired) electrons. The summed E-state index contributed by atoms with van der Waals surface area (Å²) < 4.78 is 0. The number of benzene rings is 2. The van der Waals surface area contributed by atoms with E-state index in [9.17, 15) is 0 Å². The molecule has 0 aliphatic heterocycles. The molecule has 0 saturated heterocycles. The fourth-order valence-corrected chi connectivity index (χ4v) is 6.25. The maximum absolute atomic E-state index is 4.56. The van der Waals surface area contributed by atoms with Crippen molar-refractivity contribution in [3.8, 4) is 0 Å². The smallest absolute Gasteiger partial charge is 0.00151 e. The summed E-state index contributed by atoms with van der Waals surface area (Å²) in [4.78, 5) is 0. The molecular weight excluding hydrogens is 480 g/mol.